The minimum atomic E-state index is 1.28. The van der Waals surface area contributed by atoms with Crippen LogP contribution in [0.3, 0.4) is 0 Å². The minimum Gasteiger partial charge on any atom is -0.0564 e. The van der Waals surface area contributed by atoms with Gasteiger partial charge in [0.25, 0.3) is 0 Å². The van der Waals surface area contributed by atoms with E-state index in [0.717, 1.165) is 0 Å². The van der Waals surface area contributed by atoms with Crippen LogP contribution in [0.25, 0.3) is 0 Å². The van der Waals surface area contributed by atoms with Crippen molar-refractivity contribution in [2.75, 3.05) is 0 Å². The summed E-state index contributed by atoms with van der Waals surface area (Å²) in [5.41, 5.74) is 0. The summed E-state index contributed by atoms with van der Waals surface area (Å²) in [6.45, 7) is 0. The second kappa shape index (κ2) is 2.29. The fourth-order valence-electron chi connectivity index (χ4n) is 0.225. The maximum absolute atomic E-state index is 3.03. The molecule has 0 amide bonds. The number of rotatable bonds is 0. The van der Waals surface area contributed by atoms with E-state index in [4.69, 9.17) is 0 Å². The lowest BCUT2D eigenvalue weighted by Crippen LogP contribution is -1.34. The van der Waals surface area contributed by atoms with E-state index >= 15 is 0 Å². The van der Waals surface area contributed by atoms with Crippen LogP contribution < -0.4 is 0 Å². The number of hydrogen-bond acceptors (Lipinski definition) is 0. The first kappa shape index (κ1) is 4.24. The summed E-state index contributed by atoms with van der Waals surface area (Å²) < 4.78 is 0. The first-order chi connectivity index (χ1) is 3.00. The fourth-order valence-corrected chi connectivity index (χ4v) is 1.50. The van der Waals surface area contributed by atoms with Gasteiger partial charge in [0.05, 0.1) is 0 Å². The summed E-state index contributed by atoms with van der Waals surface area (Å²) in [6, 6.07) is 3.95. The normalized spacial score (nSPS) is 10.7. The van der Waals surface area contributed by atoms with Crippen molar-refractivity contribution in [3.05, 3.63) is 23.7 Å². The summed E-state index contributed by atoms with van der Waals surface area (Å²) in [7, 11) is 2.63. The Bertz CT molecular complexity index is 77.5. The van der Waals surface area contributed by atoms with Crippen molar-refractivity contribution < 1.29 is 0 Å². The second-order valence-corrected chi connectivity index (χ2v) is 3.13. The van der Waals surface area contributed by atoms with Gasteiger partial charge in [-0.1, -0.05) is 6.07 Å². The molecular weight excluding hydrogens is 110 g/mol. The molecule has 29 valence electrons. The standard InChI is InChI=1S/C4H3P2/c1-2-4-6-5-3-1/h1-3H. The van der Waals surface area contributed by atoms with Crippen molar-refractivity contribution in [2.45, 2.75) is 0 Å². The van der Waals surface area contributed by atoms with Crippen LogP contribution in [0.4, 0.5) is 0 Å². The van der Waals surface area contributed by atoms with Crippen molar-refractivity contribution in [3.8, 4) is 0 Å². The topological polar surface area (TPSA) is 0 Å². The van der Waals surface area contributed by atoms with Crippen LogP contribution in [0.15, 0.2) is 17.9 Å². The van der Waals surface area contributed by atoms with Gasteiger partial charge in [0.2, 0.25) is 0 Å². The Morgan fingerprint density at radius 3 is 2.67 bits per heavy atom. The lowest BCUT2D eigenvalue weighted by molar-refractivity contribution is 1.96. The summed E-state index contributed by atoms with van der Waals surface area (Å²) in [5.74, 6) is 5.14. The highest BCUT2D eigenvalue weighted by atomic mass is 31.8. The average Bonchev–Trinajstić information content (AvgIpc) is 1.72. The lowest BCUT2D eigenvalue weighted by Gasteiger charge is -1.66. The van der Waals surface area contributed by atoms with Crippen molar-refractivity contribution in [1.29, 1.82) is 0 Å². The Labute approximate surface area is 40.3 Å². The van der Waals surface area contributed by atoms with Crippen LogP contribution >= 0.6 is 15.7 Å². The minimum absolute atomic E-state index is 1.28. The van der Waals surface area contributed by atoms with Gasteiger partial charge < -0.3 is 0 Å². The molecule has 1 heterocycles. The van der Waals surface area contributed by atoms with Gasteiger partial charge in [-0.3, -0.25) is 0 Å². The molecule has 1 aromatic heterocycles. The molecule has 6 heavy (non-hydrogen) atoms. The molecule has 1 rings (SSSR count). The van der Waals surface area contributed by atoms with Crippen molar-refractivity contribution in [2.24, 2.45) is 0 Å². The average molecular weight is 113 g/mol. The molecule has 0 aliphatic heterocycles. The van der Waals surface area contributed by atoms with Gasteiger partial charge in [-0.15, -0.1) is 0 Å². The van der Waals surface area contributed by atoms with Crippen LogP contribution in [0.5, 0.6) is 0 Å². The Hall–Kier alpha value is 0.0800. The van der Waals surface area contributed by atoms with Crippen molar-refractivity contribution >= 4 is 15.7 Å². The smallest absolute Gasteiger partial charge is 0.0185 e. The first-order valence-electron chi connectivity index (χ1n) is 1.64. The molecule has 0 aliphatic carbocycles. The predicted octanol–water partition coefficient (Wildman–Crippen LogP) is 2.65. The summed E-state index contributed by atoms with van der Waals surface area (Å²) >= 11 is 0. The Morgan fingerprint density at radius 2 is 2.50 bits per heavy atom. The van der Waals surface area contributed by atoms with E-state index < -0.39 is 0 Å². The van der Waals surface area contributed by atoms with E-state index in [9.17, 15) is 0 Å². The maximum atomic E-state index is 3.03. The Morgan fingerprint density at radius 1 is 1.50 bits per heavy atom. The first-order valence-corrected chi connectivity index (χ1v) is 4.20. The maximum Gasteiger partial charge on any atom is 0.0185 e. The molecule has 0 atom stereocenters. The van der Waals surface area contributed by atoms with E-state index in [-0.39, 0.29) is 0 Å². The van der Waals surface area contributed by atoms with Gasteiger partial charge >= 0.3 is 0 Å². The third-order valence-corrected chi connectivity index (χ3v) is 2.22. The molecule has 1 aromatic rings. The summed E-state index contributed by atoms with van der Waals surface area (Å²) in [5, 5.41) is 0. The molecule has 1 radical (unpaired) electrons. The molecule has 0 spiro atoms. The molecule has 2 heteroatoms. The highest BCUT2D eigenvalue weighted by molar-refractivity contribution is 7.89. The number of hydrogen-bond donors (Lipinski definition) is 0. The van der Waals surface area contributed by atoms with Gasteiger partial charge in [-0.05, 0) is 27.6 Å². The monoisotopic (exact) mass is 113 g/mol. The van der Waals surface area contributed by atoms with Crippen LogP contribution in [-0.4, -0.2) is 0 Å². The zero-order valence-corrected chi connectivity index (χ0v) is 4.92. The van der Waals surface area contributed by atoms with E-state index in [1.807, 2.05) is 12.1 Å². The molecule has 0 aromatic carbocycles. The van der Waals surface area contributed by atoms with Crippen molar-refractivity contribution in [3.63, 3.8) is 0 Å². The zero-order chi connectivity index (χ0) is 4.24. The van der Waals surface area contributed by atoms with Crippen LogP contribution in [0, 0.1) is 5.80 Å². The van der Waals surface area contributed by atoms with Crippen molar-refractivity contribution in [1.82, 2.24) is 0 Å². The van der Waals surface area contributed by atoms with E-state index in [2.05, 4.69) is 11.6 Å². The quantitative estimate of drug-likeness (QED) is 0.485. The molecule has 0 nitrogen and oxygen atoms in total. The zero-order valence-electron chi connectivity index (χ0n) is 3.13. The molecule has 0 bridgehead atoms. The highest BCUT2D eigenvalue weighted by Gasteiger charge is 1.60. The molecular formula is C4H3P2. The second-order valence-electron chi connectivity index (χ2n) is 0.853. The predicted molar refractivity (Wildman–Crippen MR) is 30.3 cm³/mol. The molecule has 0 unspecified atom stereocenters. The molecule has 0 fully saturated rings. The Balaban J connectivity index is 3.00. The van der Waals surface area contributed by atoms with E-state index in [1.165, 1.54) is 15.7 Å². The summed E-state index contributed by atoms with van der Waals surface area (Å²) in [4.78, 5) is 0. The van der Waals surface area contributed by atoms with Gasteiger partial charge in [0.1, 0.15) is 0 Å². The van der Waals surface area contributed by atoms with Crippen LogP contribution in [0.2, 0.25) is 0 Å². The highest BCUT2D eigenvalue weighted by Crippen LogP contribution is 2.14. The molecule has 0 saturated carbocycles. The van der Waals surface area contributed by atoms with Gasteiger partial charge in [-0.2, -0.15) is 0 Å². The van der Waals surface area contributed by atoms with Crippen LogP contribution in [-0.2, 0) is 0 Å². The van der Waals surface area contributed by atoms with Gasteiger partial charge in [-0.25, -0.2) is 0 Å². The van der Waals surface area contributed by atoms with Gasteiger partial charge in [0.15, 0.2) is 0 Å². The molecule has 0 aliphatic rings. The largest absolute Gasteiger partial charge is 0.0564 e. The lowest BCUT2D eigenvalue weighted by atomic mass is 10.7. The summed E-state index contributed by atoms with van der Waals surface area (Å²) in [6.07, 6.45) is 0. The van der Waals surface area contributed by atoms with E-state index in [0.29, 0.717) is 0 Å². The van der Waals surface area contributed by atoms with Crippen LogP contribution in [0.1, 0.15) is 0 Å². The SMILES string of the molecule is [c]1cccpp1. The van der Waals surface area contributed by atoms with E-state index in [1.54, 1.807) is 0 Å². The third kappa shape index (κ3) is 1.05. The Kier molecular flexibility index (Phi) is 1.62. The molecule has 0 saturated heterocycles. The third-order valence-electron chi connectivity index (χ3n) is 0.439. The van der Waals surface area contributed by atoms with Gasteiger partial charge in [0, 0.05) is 5.80 Å². The fraction of sp³-hybridized carbons (Fsp3) is 0. The molecule has 0 N–H and O–H groups in total.